The number of ketones is 1. The molecule has 3 aromatic rings. The molecule has 1 unspecified atom stereocenters. The fraction of sp³-hybridized carbons (Fsp3) is 0.222. The topological polar surface area (TPSA) is 79.7 Å². The van der Waals surface area contributed by atoms with Gasteiger partial charge in [0.25, 0.3) is 11.7 Å². The molecule has 2 aromatic carbocycles. The maximum atomic E-state index is 13.2. The summed E-state index contributed by atoms with van der Waals surface area (Å²) in [5.41, 5.74) is 2.09. The number of aliphatic hydroxyl groups excluding tert-OH is 1. The highest BCUT2D eigenvalue weighted by atomic mass is 35.5. The molecule has 6 nitrogen and oxygen atoms in total. The van der Waals surface area contributed by atoms with Crippen LogP contribution in [0.1, 0.15) is 36.7 Å². The highest BCUT2D eigenvalue weighted by Crippen LogP contribution is 2.42. The third-order valence-corrected chi connectivity index (χ3v) is 5.75. The van der Waals surface area contributed by atoms with Crippen LogP contribution in [0.4, 0.5) is 5.69 Å². The van der Waals surface area contributed by atoms with Gasteiger partial charge in [-0.1, -0.05) is 37.6 Å². The number of hydrogen-bond donors (Lipinski definition) is 1. The quantitative estimate of drug-likeness (QED) is 0.280. The fourth-order valence-electron chi connectivity index (χ4n) is 3.91. The zero-order valence-electron chi connectivity index (χ0n) is 19.2. The Hall–Kier alpha value is -3.64. The highest BCUT2D eigenvalue weighted by molar-refractivity contribution is 6.51. The van der Waals surface area contributed by atoms with Crippen LogP contribution in [0.15, 0.2) is 72.4 Å². The van der Waals surface area contributed by atoms with Crippen LogP contribution in [-0.2, 0) is 9.59 Å². The number of ether oxygens (including phenoxy) is 1. The van der Waals surface area contributed by atoms with Gasteiger partial charge < -0.3 is 9.84 Å². The molecule has 0 aliphatic carbocycles. The van der Waals surface area contributed by atoms with Crippen LogP contribution in [-0.4, -0.2) is 28.4 Å². The molecule has 4 rings (SSSR count). The summed E-state index contributed by atoms with van der Waals surface area (Å²) in [6, 6.07) is 16.2. The molecule has 1 aliphatic rings. The third kappa shape index (κ3) is 4.54. The molecular formula is C27H25ClN2O4. The number of carbonyl (C=O) groups is 2. The molecule has 2 heterocycles. The number of rotatable bonds is 6. The van der Waals surface area contributed by atoms with E-state index in [1.165, 1.54) is 4.90 Å². The number of aromatic nitrogens is 1. The molecule has 34 heavy (non-hydrogen) atoms. The maximum Gasteiger partial charge on any atom is 0.300 e. The predicted octanol–water partition coefficient (Wildman–Crippen LogP) is 5.70. The minimum Gasteiger partial charge on any atom is -0.507 e. The van der Waals surface area contributed by atoms with Crippen molar-refractivity contribution in [2.45, 2.75) is 26.8 Å². The number of nitrogens with zero attached hydrogens (tertiary/aromatic N) is 2. The summed E-state index contributed by atoms with van der Waals surface area (Å²) in [6.45, 7) is 6.56. The van der Waals surface area contributed by atoms with Crippen molar-refractivity contribution in [2.24, 2.45) is 5.92 Å². The summed E-state index contributed by atoms with van der Waals surface area (Å²) in [5.74, 6) is -0.740. The van der Waals surface area contributed by atoms with Crippen molar-refractivity contribution in [2.75, 3.05) is 11.5 Å². The Balaban J connectivity index is 1.84. The van der Waals surface area contributed by atoms with E-state index in [-0.39, 0.29) is 11.3 Å². The normalized spacial score (nSPS) is 17.4. The predicted molar refractivity (Wildman–Crippen MR) is 132 cm³/mol. The fourth-order valence-corrected chi connectivity index (χ4v) is 4.10. The Morgan fingerprint density at radius 1 is 1.12 bits per heavy atom. The molecule has 0 saturated carbocycles. The monoisotopic (exact) mass is 476 g/mol. The van der Waals surface area contributed by atoms with Gasteiger partial charge in [-0.05, 0) is 66.9 Å². The first-order valence-corrected chi connectivity index (χ1v) is 11.4. The Bertz CT molecular complexity index is 1270. The van der Waals surface area contributed by atoms with Gasteiger partial charge in [-0.15, -0.1) is 0 Å². The third-order valence-electron chi connectivity index (χ3n) is 5.52. The number of carbonyl (C=O) groups excluding carboxylic acids is 2. The first kappa shape index (κ1) is 23.5. The Kier molecular flexibility index (Phi) is 6.70. The van der Waals surface area contributed by atoms with E-state index in [1.54, 1.807) is 66.9 Å². The second-order valence-electron chi connectivity index (χ2n) is 8.59. The number of Topliss-reactive ketones (excluding diaryl/α,β-unsaturated/α-hetero) is 1. The SMILES string of the molecule is Cc1cc(/C(O)=C2\C(=O)C(=O)N(c3cccc(Cl)c3)C2c2ccccn2)ccc1OCC(C)C. The van der Waals surface area contributed by atoms with E-state index in [9.17, 15) is 14.7 Å². The lowest BCUT2D eigenvalue weighted by molar-refractivity contribution is -0.132. The largest absolute Gasteiger partial charge is 0.507 e. The zero-order valence-corrected chi connectivity index (χ0v) is 19.9. The molecule has 1 amide bonds. The lowest BCUT2D eigenvalue weighted by Gasteiger charge is -2.24. The molecule has 0 bridgehead atoms. The summed E-state index contributed by atoms with van der Waals surface area (Å²) in [5, 5.41) is 11.7. The van der Waals surface area contributed by atoms with Gasteiger partial charge in [0.1, 0.15) is 17.6 Å². The van der Waals surface area contributed by atoms with Crippen LogP contribution in [0.3, 0.4) is 0 Å². The molecule has 1 N–H and O–H groups in total. The minimum atomic E-state index is -0.906. The summed E-state index contributed by atoms with van der Waals surface area (Å²) in [4.78, 5) is 32.1. The smallest absolute Gasteiger partial charge is 0.300 e. The van der Waals surface area contributed by atoms with Crippen molar-refractivity contribution in [3.8, 4) is 5.75 Å². The van der Waals surface area contributed by atoms with E-state index in [0.717, 1.165) is 5.56 Å². The van der Waals surface area contributed by atoms with Crippen LogP contribution in [0.2, 0.25) is 5.02 Å². The van der Waals surface area contributed by atoms with Gasteiger partial charge in [0.2, 0.25) is 0 Å². The molecule has 1 atom stereocenters. The van der Waals surface area contributed by atoms with E-state index in [4.69, 9.17) is 16.3 Å². The van der Waals surface area contributed by atoms with Crippen LogP contribution in [0.5, 0.6) is 5.75 Å². The van der Waals surface area contributed by atoms with Crippen molar-refractivity contribution < 1.29 is 19.4 Å². The van der Waals surface area contributed by atoms with Crippen LogP contribution in [0, 0.1) is 12.8 Å². The van der Waals surface area contributed by atoms with Gasteiger partial charge in [0.15, 0.2) is 0 Å². The Morgan fingerprint density at radius 3 is 2.56 bits per heavy atom. The number of aliphatic hydroxyl groups is 1. The molecule has 1 fully saturated rings. The summed E-state index contributed by atoms with van der Waals surface area (Å²) >= 11 is 6.16. The number of amides is 1. The van der Waals surface area contributed by atoms with Gasteiger partial charge >= 0.3 is 0 Å². The van der Waals surface area contributed by atoms with Gasteiger partial charge in [-0.2, -0.15) is 0 Å². The second-order valence-corrected chi connectivity index (χ2v) is 9.03. The second kappa shape index (κ2) is 9.69. The standard InChI is InChI=1S/C27H25ClN2O4/c1-16(2)15-34-22-11-10-18(13-17(22)3)25(31)23-24(21-9-4-5-12-29-21)30(27(33)26(23)32)20-8-6-7-19(28)14-20/h4-14,16,24,31H,15H2,1-3H3/b25-23+. The number of anilines is 1. The molecule has 0 radical (unpaired) electrons. The Morgan fingerprint density at radius 2 is 1.91 bits per heavy atom. The average molecular weight is 477 g/mol. The summed E-state index contributed by atoms with van der Waals surface area (Å²) < 4.78 is 5.82. The lowest BCUT2D eigenvalue weighted by atomic mass is 9.97. The van der Waals surface area contributed by atoms with Crippen LogP contribution in [0.25, 0.3) is 5.76 Å². The maximum absolute atomic E-state index is 13.2. The first-order chi connectivity index (χ1) is 16.3. The molecule has 1 aliphatic heterocycles. The summed E-state index contributed by atoms with van der Waals surface area (Å²) in [6.07, 6.45) is 1.58. The number of aryl methyl sites for hydroxylation is 1. The summed E-state index contributed by atoms with van der Waals surface area (Å²) in [7, 11) is 0. The van der Waals surface area contributed by atoms with Gasteiger partial charge in [0, 0.05) is 22.5 Å². The van der Waals surface area contributed by atoms with Crippen LogP contribution < -0.4 is 9.64 Å². The van der Waals surface area contributed by atoms with E-state index in [1.807, 2.05) is 6.92 Å². The average Bonchev–Trinajstić information content (AvgIpc) is 3.08. The number of hydrogen-bond acceptors (Lipinski definition) is 5. The van der Waals surface area contributed by atoms with Crippen molar-refractivity contribution in [3.63, 3.8) is 0 Å². The van der Waals surface area contributed by atoms with Crippen molar-refractivity contribution >= 4 is 34.7 Å². The van der Waals surface area contributed by atoms with Crippen molar-refractivity contribution in [1.82, 2.24) is 4.98 Å². The van der Waals surface area contributed by atoms with Crippen molar-refractivity contribution in [1.29, 1.82) is 0 Å². The Labute approximate surface area is 203 Å². The van der Waals surface area contributed by atoms with Gasteiger partial charge in [-0.3, -0.25) is 19.5 Å². The number of halogens is 1. The van der Waals surface area contributed by atoms with E-state index < -0.39 is 17.7 Å². The van der Waals surface area contributed by atoms with E-state index >= 15 is 0 Å². The van der Waals surface area contributed by atoms with E-state index in [2.05, 4.69) is 18.8 Å². The molecular weight excluding hydrogens is 452 g/mol. The number of pyridine rings is 1. The molecule has 7 heteroatoms. The highest BCUT2D eigenvalue weighted by Gasteiger charge is 2.47. The van der Waals surface area contributed by atoms with Gasteiger partial charge in [0.05, 0.1) is 17.9 Å². The lowest BCUT2D eigenvalue weighted by Crippen LogP contribution is -2.29. The van der Waals surface area contributed by atoms with Gasteiger partial charge in [-0.25, -0.2) is 0 Å². The number of benzene rings is 2. The van der Waals surface area contributed by atoms with Crippen molar-refractivity contribution in [3.05, 3.63) is 94.3 Å². The molecule has 1 aromatic heterocycles. The molecule has 174 valence electrons. The zero-order chi connectivity index (χ0) is 24.4. The first-order valence-electron chi connectivity index (χ1n) is 11.0. The van der Waals surface area contributed by atoms with Crippen LogP contribution >= 0.6 is 11.6 Å². The molecule has 1 saturated heterocycles. The minimum absolute atomic E-state index is 0.0288. The van der Waals surface area contributed by atoms with E-state index in [0.29, 0.717) is 40.2 Å². The molecule has 0 spiro atoms.